The molecule has 0 fully saturated rings. The summed E-state index contributed by atoms with van der Waals surface area (Å²) in [6.07, 6.45) is 1.86. The monoisotopic (exact) mass is 197 g/mol. The minimum Gasteiger partial charge on any atom is -0.507 e. The molecule has 0 atom stereocenters. The largest absolute Gasteiger partial charge is 0.507 e. The number of hydrogen-bond acceptors (Lipinski definition) is 2. The maximum Gasteiger partial charge on any atom is 0.123 e. The van der Waals surface area contributed by atoms with Crippen molar-refractivity contribution in [3.63, 3.8) is 0 Å². The molecule has 2 nitrogen and oxygen atoms in total. The Morgan fingerprint density at radius 2 is 1.87 bits per heavy atom. The molecule has 3 rings (SSSR count). The van der Waals surface area contributed by atoms with Crippen LogP contribution in [0.4, 0.5) is 5.69 Å². The number of benzene rings is 2. The molecule has 1 aliphatic heterocycles. The van der Waals surface area contributed by atoms with E-state index in [2.05, 4.69) is 18.0 Å². The molecule has 0 aromatic heterocycles. The van der Waals surface area contributed by atoms with Crippen LogP contribution in [0.2, 0.25) is 0 Å². The van der Waals surface area contributed by atoms with Crippen molar-refractivity contribution < 1.29 is 5.11 Å². The van der Waals surface area contributed by atoms with Gasteiger partial charge < -0.3 is 5.11 Å². The fourth-order valence-electron chi connectivity index (χ4n) is 2.33. The van der Waals surface area contributed by atoms with E-state index in [0.717, 1.165) is 27.6 Å². The molecule has 1 N–H and O–H groups in total. The summed E-state index contributed by atoms with van der Waals surface area (Å²) in [5.74, 6) is 0.345. The van der Waals surface area contributed by atoms with Gasteiger partial charge in [-0.05, 0) is 37.1 Å². The lowest BCUT2D eigenvalue weighted by Crippen LogP contribution is -1.85. The van der Waals surface area contributed by atoms with Crippen molar-refractivity contribution in [2.24, 2.45) is 4.99 Å². The molecule has 1 heterocycles. The molecule has 1 aliphatic rings. The van der Waals surface area contributed by atoms with Gasteiger partial charge in [0.05, 0.1) is 5.69 Å². The van der Waals surface area contributed by atoms with Crippen molar-refractivity contribution in [1.29, 1.82) is 0 Å². The first-order valence-electron chi connectivity index (χ1n) is 4.98. The zero-order valence-corrected chi connectivity index (χ0v) is 8.70. The number of rotatable bonds is 0. The number of aliphatic imine (C=N–C) groups is 1. The normalized spacial score (nSPS) is 12.7. The number of aryl methyl sites for hydroxylation is 2. The van der Waals surface area contributed by atoms with E-state index < -0.39 is 0 Å². The molecule has 2 aromatic rings. The van der Waals surface area contributed by atoms with Gasteiger partial charge in [-0.25, -0.2) is 0 Å². The molecule has 0 aliphatic carbocycles. The maximum absolute atomic E-state index is 9.86. The van der Waals surface area contributed by atoms with Gasteiger partial charge in [0.2, 0.25) is 0 Å². The molecule has 0 saturated carbocycles. The third-order valence-electron chi connectivity index (χ3n) is 2.99. The van der Waals surface area contributed by atoms with Crippen LogP contribution in [-0.2, 0) is 0 Å². The van der Waals surface area contributed by atoms with Gasteiger partial charge in [0.15, 0.2) is 0 Å². The first-order chi connectivity index (χ1) is 7.18. The molecular weight excluding hydrogens is 186 g/mol. The molecule has 0 saturated heterocycles. The van der Waals surface area contributed by atoms with Gasteiger partial charge in [0.25, 0.3) is 0 Å². The molecule has 0 radical (unpaired) electrons. The Balaban J connectivity index is 2.64. The van der Waals surface area contributed by atoms with Crippen LogP contribution in [-0.4, -0.2) is 11.3 Å². The lowest BCUT2D eigenvalue weighted by Gasteiger charge is -2.08. The second kappa shape index (κ2) is 2.60. The SMILES string of the molecule is Cc1cc(C)c2c(O)ccc3c2c1N=C3. The smallest absolute Gasteiger partial charge is 0.123 e. The van der Waals surface area contributed by atoms with Crippen molar-refractivity contribution >= 4 is 22.7 Å². The van der Waals surface area contributed by atoms with Gasteiger partial charge in [0.1, 0.15) is 5.75 Å². The van der Waals surface area contributed by atoms with Crippen LogP contribution >= 0.6 is 0 Å². The zero-order valence-electron chi connectivity index (χ0n) is 8.70. The van der Waals surface area contributed by atoms with Crippen LogP contribution in [0, 0.1) is 13.8 Å². The second-order valence-electron chi connectivity index (χ2n) is 4.04. The van der Waals surface area contributed by atoms with Gasteiger partial charge in [0, 0.05) is 22.6 Å². The van der Waals surface area contributed by atoms with E-state index in [1.165, 1.54) is 5.56 Å². The number of hydrogen-bond donors (Lipinski definition) is 1. The molecule has 74 valence electrons. The summed E-state index contributed by atoms with van der Waals surface area (Å²) < 4.78 is 0. The van der Waals surface area contributed by atoms with Crippen molar-refractivity contribution in [2.45, 2.75) is 13.8 Å². The lowest BCUT2D eigenvalue weighted by atomic mass is 9.97. The van der Waals surface area contributed by atoms with Gasteiger partial charge in [-0.1, -0.05) is 6.07 Å². The van der Waals surface area contributed by atoms with Crippen molar-refractivity contribution in [1.82, 2.24) is 0 Å². The second-order valence-corrected chi connectivity index (χ2v) is 4.04. The maximum atomic E-state index is 9.86. The van der Waals surface area contributed by atoms with E-state index in [1.807, 2.05) is 19.2 Å². The van der Waals surface area contributed by atoms with Crippen LogP contribution in [0.3, 0.4) is 0 Å². The van der Waals surface area contributed by atoms with Crippen LogP contribution in [0.1, 0.15) is 16.7 Å². The summed E-state index contributed by atoms with van der Waals surface area (Å²) in [7, 11) is 0. The minimum atomic E-state index is 0.345. The summed E-state index contributed by atoms with van der Waals surface area (Å²) in [4.78, 5) is 4.39. The molecule has 2 heteroatoms. The standard InChI is InChI=1S/C13H11NO/c1-7-5-8(2)13-12-9(6-14-13)3-4-10(15)11(7)12/h3-6,15H,1-2H3. The highest BCUT2D eigenvalue weighted by molar-refractivity contribution is 6.14. The predicted molar refractivity (Wildman–Crippen MR) is 62.3 cm³/mol. The van der Waals surface area contributed by atoms with Crippen LogP contribution in [0.5, 0.6) is 5.75 Å². The molecule has 2 aromatic carbocycles. The minimum absolute atomic E-state index is 0.345. The number of aromatic hydroxyl groups is 1. The highest BCUT2D eigenvalue weighted by Crippen LogP contribution is 2.41. The van der Waals surface area contributed by atoms with Crippen molar-refractivity contribution in [2.75, 3.05) is 0 Å². The highest BCUT2D eigenvalue weighted by atomic mass is 16.3. The Labute approximate surface area is 87.9 Å². The average Bonchev–Trinajstić information content (AvgIpc) is 2.60. The Morgan fingerprint density at radius 1 is 1.07 bits per heavy atom. The Morgan fingerprint density at radius 3 is 2.67 bits per heavy atom. The van der Waals surface area contributed by atoms with Crippen LogP contribution in [0.25, 0.3) is 10.8 Å². The fraction of sp³-hybridized carbons (Fsp3) is 0.154. The molecule has 0 amide bonds. The highest BCUT2D eigenvalue weighted by Gasteiger charge is 2.16. The summed E-state index contributed by atoms with van der Waals surface area (Å²) in [5, 5.41) is 11.9. The third-order valence-corrected chi connectivity index (χ3v) is 2.99. The van der Waals surface area contributed by atoms with E-state index >= 15 is 0 Å². The van der Waals surface area contributed by atoms with Crippen molar-refractivity contribution in [3.8, 4) is 5.75 Å². The molecule has 0 spiro atoms. The lowest BCUT2D eigenvalue weighted by molar-refractivity contribution is 0.481. The topological polar surface area (TPSA) is 32.6 Å². The number of phenolic OH excluding ortho intramolecular Hbond substituents is 1. The average molecular weight is 197 g/mol. The van der Waals surface area contributed by atoms with E-state index in [0.29, 0.717) is 5.75 Å². The van der Waals surface area contributed by atoms with Crippen LogP contribution in [0.15, 0.2) is 23.2 Å². The predicted octanol–water partition coefficient (Wildman–Crippen LogP) is 3.23. The van der Waals surface area contributed by atoms with E-state index in [-0.39, 0.29) is 0 Å². The Kier molecular flexibility index (Phi) is 1.47. The summed E-state index contributed by atoms with van der Waals surface area (Å²) in [5.41, 5.74) is 4.38. The summed E-state index contributed by atoms with van der Waals surface area (Å²) >= 11 is 0. The Bertz CT molecular complexity index is 612. The van der Waals surface area contributed by atoms with E-state index in [1.54, 1.807) is 6.07 Å². The van der Waals surface area contributed by atoms with Gasteiger partial charge in [-0.15, -0.1) is 0 Å². The van der Waals surface area contributed by atoms with E-state index in [4.69, 9.17) is 0 Å². The van der Waals surface area contributed by atoms with Crippen LogP contribution < -0.4 is 0 Å². The quantitative estimate of drug-likeness (QED) is 0.589. The first kappa shape index (κ1) is 8.48. The number of phenols is 1. The molecular formula is C13H11NO. The summed E-state index contributed by atoms with van der Waals surface area (Å²) in [6, 6.07) is 5.72. The number of nitrogens with zero attached hydrogens (tertiary/aromatic N) is 1. The molecule has 15 heavy (non-hydrogen) atoms. The first-order valence-corrected chi connectivity index (χ1v) is 4.98. The van der Waals surface area contributed by atoms with Gasteiger partial charge >= 0.3 is 0 Å². The third kappa shape index (κ3) is 0.962. The van der Waals surface area contributed by atoms with E-state index in [9.17, 15) is 5.11 Å². The molecule has 0 bridgehead atoms. The zero-order chi connectivity index (χ0) is 10.6. The Hall–Kier alpha value is -1.83. The molecule has 0 unspecified atom stereocenters. The fourth-order valence-corrected chi connectivity index (χ4v) is 2.33. The van der Waals surface area contributed by atoms with Crippen molar-refractivity contribution in [3.05, 3.63) is 34.9 Å². The van der Waals surface area contributed by atoms with Gasteiger partial charge in [-0.2, -0.15) is 0 Å². The van der Waals surface area contributed by atoms with Gasteiger partial charge in [-0.3, -0.25) is 4.99 Å². The summed E-state index contributed by atoms with van der Waals surface area (Å²) in [6.45, 7) is 4.08.